The fraction of sp³-hybridized carbons (Fsp3) is 0.118. The van der Waals surface area contributed by atoms with Crippen molar-refractivity contribution < 1.29 is 23.9 Å². The highest BCUT2D eigenvalue weighted by Gasteiger charge is 2.26. The molecule has 0 aliphatic carbocycles. The Bertz CT molecular complexity index is 685. The first-order valence-corrected chi connectivity index (χ1v) is 6.86. The van der Waals surface area contributed by atoms with Gasteiger partial charge in [0.05, 0.1) is 0 Å². The van der Waals surface area contributed by atoms with E-state index in [9.17, 15) is 14.4 Å². The molecule has 0 saturated carbocycles. The second-order valence-corrected chi connectivity index (χ2v) is 4.56. The zero-order chi connectivity index (χ0) is 16.7. The van der Waals surface area contributed by atoms with E-state index < -0.39 is 24.1 Å². The normalized spacial score (nSPS) is 11.2. The lowest BCUT2D eigenvalue weighted by atomic mass is 10.2. The van der Waals surface area contributed by atoms with Crippen LogP contribution in [-0.2, 0) is 14.3 Å². The molecule has 2 aromatic carbocycles. The van der Waals surface area contributed by atoms with Gasteiger partial charge in [-0.25, -0.2) is 4.79 Å². The van der Waals surface area contributed by atoms with Crippen LogP contribution in [0.5, 0.6) is 5.75 Å². The van der Waals surface area contributed by atoms with Crippen LogP contribution in [0.25, 0.3) is 0 Å². The molecule has 0 saturated heterocycles. The van der Waals surface area contributed by atoms with Crippen LogP contribution >= 0.6 is 0 Å². The van der Waals surface area contributed by atoms with E-state index in [1.165, 1.54) is 0 Å². The molecule has 23 heavy (non-hydrogen) atoms. The first kappa shape index (κ1) is 16.2. The van der Waals surface area contributed by atoms with Crippen LogP contribution in [0.2, 0.25) is 0 Å². The highest BCUT2D eigenvalue weighted by atomic mass is 16.6. The maximum Gasteiger partial charge on any atom is 0.374 e. The lowest BCUT2D eigenvalue weighted by Crippen LogP contribution is -2.45. The van der Waals surface area contributed by atoms with Gasteiger partial charge in [-0.05, 0) is 24.3 Å². The Morgan fingerprint density at radius 3 is 2.04 bits per heavy atom. The summed E-state index contributed by atoms with van der Waals surface area (Å²) in [6.07, 6.45) is -1.53. The van der Waals surface area contributed by atoms with Gasteiger partial charge in [0.15, 0.2) is 0 Å². The van der Waals surface area contributed by atoms with Gasteiger partial charge in [-0.15, -0.1) is 0 Å². The van der Waals surface area contributed by atoms with Crippen LogP contribution in [0.4, 0.5) is 0 Å². The molecule has 0 fully saturated rings. The molecule has 0 aromatic heterocycles. The molecule has 1 unspecified atom stereocenters. The summed E-state index contributed by atoms with van der Waals surface area (Å²) in [4.78, 5) is 35.3. The lowest BCUT2D eigenvalue weighted by Gasteiger charge is -2.17. The van der Waals surface area contributed by atoms with E-state index in [0.29, 0.717) is 5.56 Å². The number of carbonyl (C=O) groups is 3. The first-order chi connectivity index (χ1) is 11.1. The molecule has 2 rings (SSSR count). The Morgan fingerprint density at radius 1 is 0.913 bits per heavy atom. The van der Waals surface area contributed by atoms with Gasteiger partial charge in [0.2, 0.25) is 0 Å². The van der Waals surface area contributed by atoms with Crippen LogP contribution in [0, 0.1) is 0 Å². The highest BCUT2D eigenvalue weighted by Crippen LogP contribution is 2.10. The van der Waals surface area contributed by atoms with Crippen molar-refractivity contribution >= 4 is 17.8 Å². The number of carbonyl (C=O) groups excluding carboxylic acids is 3. The van der Waals surface area contributed by atoms with Gasteiger partial charge in [-0.2, -0.15) is 0 Å². The summed E-state index contributed by atoms with van der Waals surface area (Å²) in [5, 5.41) is 2.33. The number of ether oxygens (including phenoxy) is 2. The van der Waals surface area contributed by atoms with Crippen molar-refractivity contribution in [3.05, 3.63) is 66.2 Å². The summed E-state index contributed by atoms with van der Waals surface area (Å²) in [7, 11) is 0. The molecule has 0 bridgehead atoms. The van der Waals surface area contributed by atoms with Gasteiger partial charge in [0.1, 0.15) is 5.75 Å². The fourth-order valence-electron chi connectivity index (χ4n) is 1.75. The van der Waals surface area contributed by atoms with E-state index >= 15 is 0 Å². The standard InChI is InChI=1S/C17H15NO5/c1-12(19)22-16(17(21)23-14-10-6-3-7-11-14)18-15(20)13-8-4-2-5-9-13/h2-11,16H,1H3,(H,18,20). The van der Waals surface area contributed by atoms with Crippen molar-refractivity contribution in [1.82, 2.24) is 5.32 Å². The minimum absolute atomic E-state index is 0.281. The number of nitrogens with one attached hydrogen (secondary N) is 1. The van der Waals surface area contributed by atoms with Gasteiger partial charge < -0.3 is 14.8 Å². The average Bonchev–Trinajstić information content (AvgIpc) is 2.55. The van der Waals surface area contributed by atoms with Crippen molar-refractivity contribution in [2.24, 2.45) is 0 Å². The van der Waals surface area contributed by atoms with Crippen molar-refractivity contribution in [3.63, 3.8) is 0 Å². The van der Waals surface area contributed by atoms with Crippen LogP contribution in [0.3, 0.4) is 0 Å². The number of hydrogen-bond donors (Lipinski definition) is 1. The molecule has 1 atom stereocenters. The second kappa shape index (κ2) is 7.74. The second-order valence-electron chi connectivity index (χ2n) is 4.56. The van der Waals surface area contributed by atoms with E-state index in [4.69, 9.17) is 9.47 Å². The number of rotatable bonds is 5. The van der Waals surface area contributed by atoms with Crippen LogP contribution in [0.1, 0.15) is 17.3 Å². The van der Waals surface area contributed by atoms with Crippen molar-refractivity contribution in [3.8, 4) is 5.75 Å². The summed E-state index contributed by atoms with van der Waals surface area (Å²) in [5.74, 6) is -1.88. The fourth-order valence-corrected chi connectivity index (χ4v) is 1.75. The summed E-state index contributed by atoms with van der Waals surface area (Å²) in [6, 6.07) is 16.5. The SMILES string of the molecule is CC(=O)OC(NC(=O)c1ccccc1)C(=O)Oc1ccccc1. The Hall–Kier alpha value is -3.15. The van der Waals surface area contributed by atoms with Crippen molar-refractivity contribution in [1.29, 1.82) is 0 Å². The molecular weight excluding hydrogens is 298 g/mol. The Kier molecular flexibility index (Phi) is 5.46. The van der Waals surface area contributed by atoms with Gasteiger partial charge >= 0.3 is 11.9 Å². The molecule has 0 aliphatic rings. The molecule has 118 valence electrons. The summed E-state index contributed by atoms with van der Waals surface area (Å²) >= 11 is 0. The quantitative estimate of drug-likeness (QED) is 0.518. The first-order valence-electron chi connectivity index (χ1n) is 6.86. The third-order valence-corrected chi connectivity index (χ3v) is 2.76. The lowest BCUT2D eigenvalue weighted by molar-refractivity contribution is -0.162. The van der Waals surface area contributed by atoms with Gasteiger partial charge in [0.25, 0.3) is 12.1 Å². The smallest absolute Gasteiger partial charge is 0.374 e. The van der Waals surface area contributed by atoms with E-state index in [1.807, 2.05) is 0 Å². The van der Waals surface area contributed by atoms with Crippen LogP contribution in [-0.4, -0.2) is 24.1 Å². The van der Waals surface area contributed by atoms with Gasteiger partial charge in [-0.3, -0.25) is 9.59 Å². The molecule has 0 spiro atoms. The highest BCUT2D eigenvalue weighted by molar-refractivity contribution is 5.97. The van der Waals surface area contributed by atoms with E-state index in [1.54, 1.807) is 60.7 Å². The molecule has 1 amide bonds. The van der Waals surface area contributed by atoms with E-state index in [2.05, 4.69) is 5.32 Å². The van der Waals surface area contributed by atoms with Crippen molar-refractivity contribution in [2.45, 2.75) is 13.2 Å². The molecule has 6 nitrogen and oxygen atoms in total. The number of para-hydroxylation sites is 1. The third-order valence-electron chi connectivity index (χ3n) is 2.76. The van der Waals surface area contributed by atoms with Gasteiger partial charge in [0, 0.05) is 12.5 Å². The molecule has 1 N–H and O–H groups in total. The van der Waals surface area contributed by atoms with Crippen LogP contribution < -0.4 is 10.1 Å². The van der Waals surface area contributed by atoms with E-state index in [-0.39, 0.29) is 5.75 Å². The molecule has 2 aromatic rings. The number of amides is 1. The maximum absolute atomic E-state index is 12.1. The Morgan fingerprint density at radius 2 is 1.48 bits per heavy atom. The maximum atomic E-state index is 12.1. The largest absolute Gasteiger partial charge is 0.430 e. The molecule has 0 radical (unpaired) electrons. The monoisotopic (exact) mass is 313 g/mol. The van der Waals surface area contributed by atoms with E-state index in [0.717, 1.165) is 6.92 Å². The minimum Gasteiger partial charge on any atom is -0.430 e. The zero-order valence-corrected chi connectivity index (χ0v) is 12.4. The zero-order valence-electron chi connectivity index (χ0n) is 12.4. The summed E-state index contributed by atoms with van der Waals surface area (Å²) in [5.41, 5.74) is 0.331. The number of benzene rings is 2. The average molecular weight is 313 g/mol. The molecule has 6 heteroatoms. The van der Waals surface area contributed by atoms with Gasteiger partial charge in [-0.1, -0.05) is 36.4 Å². The Balaban J connectivity index is 2.08. The molecule has 0 heterocycles. The minimum atomic E-state index is -1.53. The van der Waals surface area contributed by atoms with Crippen LogP contribution in [0.15, 0.2) is 60.7 Å². The Labute approximate surface area is 133 Å². The number of hydrogen-bond acceptors (Lipinski definition) is 5. The van der Waals surface area contributed by atoms with Crippen molar-refractivity contribution in [2.75, 3.05) is 0 Å². The predicted octanol–water partition coefficient (Wildman–Crippen LogP) is 1.91. The predicted molar refractivity (Wildman–Crippen MR) is 81.5 cm³/mol. The molecular formula is C17H15NO5. The topological polar surface area (TPSA) is 81.7 Å². The summed E-state index contributed by atoms with van der Waals surface area (Å²) < 4.78 is 9.91. The summed E-state index contributed by atoms with van der Waals surface area (Å²) in [6.45, 7) is 1.14. The molecule has 0 aliphatic heterocycles. The number of esters is 2. The third kappa shape index (κ3) is 4.96.